The van der Waals surface area contributed by atoms with Crippen molar-refractivity contribution in [1.82, 2.24) is 9.80 Å². The molecule has 0 N–H and O–H groups in total. The molecule has 2 atom stereocenters. The Kier molecular flexibility index (Phi) is 11.4. The lowest BCUT2D eigenvalue weighted by molar-refractivity contribution is -0.120. The van der Waals surface area contributed by atoms with E-state index in [0.29, 0.717) is 47.8 Å². The second-order valence-corrected chi connectivity index (χ2v) is 16.4. The molecule has 2 amide bonds. The summed E-state index contributed by atoms with van der Waals surface area (Å²) in [6.45, 7) is 2.58. The minimum atomic E-state index is -0.171. The number of ketones is 1. The van der Waals surface area contributed by atoms with E-state index in [4.69, 9.17) is 19.2 Å². The molecule has 5 aromatic carbocycles. The number of aldehydes is 1. The van der Waals surface area contributed by atoms with Crippen LogP contribution in [0.15, 0.2) is 121 Å². The molecule has 0 fully saturated rings. The first kappa shape index (κ1) is 40.3. The highest BCUT2D eigenvalue weighted by Gasteiger charge is 2.35. The number of aliphatic imine (C=N–C) groups is 1. The minimum absolute atomic E-state index is 0.00308. The number of Topliss-reactive ketones (excluding diaryl/α,β-unsaturated/α-hetero) is 1. The van der Waals surface area contributed by atoms with Gasteiger partial charge >= 0.3 is 0 Å². The lowest BCUT2D eigenvalue weighted by Crippen LogP contribution is -2.32. The second-order valence-electron chi connectivity index (χ2n) is 16.4. The summed E-state index contributed by atoms with van der Waals surface area (Å²) < 4.78 is 18.4. The number of benzene rings is 5. The van der Waals surface area contributed by atoms with Crippen LogP contribution in [-0.4, -0.2) is 59.1 Å². The Bertz CT molecular complexity index is 2670. The Morgan fingerprint density at radius 1 is 0.742 bits per heavy atom. The highest BCUT2D eigenvalue weighted by atomic mass is 16.5. The molecular weight excluding hydrogens is 779 g/mol. The van der Waals surface area contributed by atoms with E-state index in [2.05, 4.69) is 12.1 Å². The van der Waals surface area contributed by atoms with Crippen LogP contribution in [-0.2, 0) is 35.6 Å². The summed E-state index contributed by atoms with van der Waals surface area (Å²) in [6.07, 6.45) is 10.4. The van der Waals surface area contributed by atoms with Gasteiger partial charge in [0.25, 0.3) is 11.8 Å². The first-order valence-electron chi connectivity index (χ1n) is 21.1. The molecule has 10 heteroatoms. The molecule has 9 rings (SSSR count). The summed E-state index contributed by atoms with van der Waals surface area (Å²) >= 11 is 0. The Morgan fingerprint density at radius 2 is 1.45 bits per heavy atom. The molecule has 10 nitrogen and oxygen atoms in total. The van der Waals surface area contributed by atoms with Crippen molar-refractivity contribution in [2.75, 3.05) is 7.11 Å². The number of rotatable bonds is 14. The molecule has 0 aromatic heterocycles. The fourth-order valence-corrected chi connectivity index (χ4v) is 8.82. The molecule has 62 heavy (non-hydrogen) atoms. The molecule has 4 heterocycles. The maximum Gasteiger partial charge on any atom is 0.260 e. The number of hydrogen-bond acceptors (Lipinski definition) is 8. The third kappa shape index (κ3) is 8.33. The predicted molar refractivity (Wildman–Crippen MR) is 238 cm³/mol. The van der Waals surface area contributed by atoms with Crippen molar-refractivity contribution in [3.05, 3.63) is 166 Å². The minimum Gasteiger partial charge on any atom is -0.493 e. The van der Waals surface area contributed by atoms with Crippen molar-refractivity contribution in [3.63, 3.8) is 0 Å². The van der Waals surface area contributed by atoms with Crippen molar-refractivity contribution in [1.29, 1.82) is 0 Å². The zero-order valence-corrected chi connectivity index (χ0v) is 34.8. The molecule has 0 aliphatic carbocycles. The van der Waals surface area contributed by atoms with E-state index < -0.39 is 0 Å². The summed E-state index contributed by atoms with van der Waals surface area (Å²) in [6, 6.07) is 33.4. The quantitative estimate of drug-likeness (QED) is 0.103. The maximum absolute atomic E-state index is 14.0. The van der Waals surface area contributed by atoms with E-state index in [1.807, 2.05) is 109 Å². The van der Waals surface area contributed by atoms with Gasteiger partial charge in [0.2, 0.25) is 0 Å². The number of carbonyl (C=O) groups excluding carboxylic acids is 4. The van der Waals surface area contributed by atoms with Gasteiger partial charge in [0.1, 0.15) is 31.0 Å². The normalized spacial score (nSPS) is 17.5. The number of hydrogen-bond donors (Lipinski definition) is 0. The molecule has 0 unspecified atom stereocenters. The molecule has 4 aliphatic rings. The van der Waals surface area contributed by atoms with E-state index >= 15 is 0 Å². The topological polar surface area (TPSA) is 115 Å². The Hall–Kier alpha value is -7.07. The van der Waals surface area contributed by atoms with Gasteiger partial charge in [-0.1, -0.05) is 72.8 Å². The van der Waals surface area contributed by atoms with E-state index in [-0.39, 0.29) is 49.1 Å². The van der Waals surface area contributed by atoms with Gasteiger partial charge in [-0.25, -0.2) is 0 Å². The van der Waals surface area contributed by atoms with Crippen molar-refractivity contribution >= 4 is 46.9 Å². The van der Waals surface area contributed by atoms with E-state index in [9.17, 15) is 19.2 Å². The molecule has 5 aromatic rings. The van der Waals surface area contributed by atoms with E-state index in [1.54, 1.807) is 24.1 Å². The van der Waals surface area contributed by atoms with Gasteiger partial charge in [0, 0.05) is 62.0 Å². The van der Waals surface area contributed by atoms with Crippen LogP contribution in [0.4, 0.5) is 5.69 Å². The average molecular weight is 826 g/mol. The molecule has 0 saturated carbocycles. The lowest BCUT2D eigenvalue weighted by Gasteiger charge is -2.20. The third-order valence-electron chi connectivity index (χ3n) is 12.2. The molecule has 0 radical (unpaired) electrons. The number of amides is 2. The van der Waals surface area contributed by atoms with Gasteiger partial charge in [-0.2, -0.15) is 0 Å². The molecule has 0 bridgehead atoms. The van der Waals surface area contributed by atoms with Gasteiger partial charge in [-0.3, -0.25) is 19.4 Å². The smallest absolute Gasteiger partial charge is 0.260 e. The summed E-state index contributed by atoms with van der Waals surface area (Å²) in [5.41, 5.74) is 10.8. The van der Waals surface area contributed by atoms with Crippen LogP contribution in [0.25, 0.3) is 11.1 Å². The van der Waals surface area contributed by atoms with Gasteiger partial charge in [-0.05, 0) is 101 Å². The largest absolute Gasteiger partial charge is 0.493 e. The lowest BCUT2D eigenvalue weighted by atomic mass is 9.96. The van der Waals surface area contributed by atoms with Gasteiger partial charge < -0.3 is 28.8 Å². The second kappa shape index (κ2) is 17.5. The zero-order valence-electron chi connectivity index (χ0n) is 34.8. The average Bonchev–Trinajstić information content (AvgIpc) is 3.88. The SMILES string of the molecule is COc1cc2c(cc1OCc1cccc(COc3cc4c(cc3C)C(=O)N3C=C(c5ccc(CC(=O)CCC=O)cc5)C[C@H]3CC4)c1)N=C[C@@H]1CC(c3ccccc3)=CN1C2=O. The van der Waals surface area contributed by atoms with Gasteiger partial charge in [0.15, 0.2) is 11.5 Å². The van der Waals surface area contributed by atoms with Crippen molar-refractivity contribution < 1.29 is 33.4 Å². The van der Waals surface area contributed by atoms with Crippen LogP contribution < -0.4 is 14.2 Å². The highest BCUT2D eigenvalue weighted by Crippen LogP contribution is 2.41. The fourth-order valence-electron chi connectivity index (χ4n) is 8.82. The number of methoxy groups -OCH3 is 1. The molecular formula is C52H47N3O7. The number of aryl methyl sites for hydroxylation is 2. The van der Waals surface area contributed by atoms with Crippen LogP contribution in [0.1, 0.15) is 91.8 Å². The molecule has 312 valence electrons. The highest BCUT2D eigenvalue weighted by molar-refractivity contribution is 6.05. The van der Waals surface area contributed by atoms with Crippen LogP contribution in [0.2, 0.25) is 0 Å². The maximum atomic E-state index is 14.0. The number of carbonyl (C=O) groups is 4. The number of fused-ring (bicyclic) bond motifs is 4. The van der Waals surface area contributed by atoms with Crippen molar-refractivity contribution in [2.24, 2.45) is 4.99 Å². The van der Waals surface area contributed by atoms with Crippen LogP contribution in [0, 0.1) is 6.92 Å². The summed E-state index contributed by atoms with van der Waals surface area (Å²) in [4.78, 5) is 58.9. The molecule has 4 aliphatic heterocycles. The van der Waals surface area contributed by atoms with Crippen LogP contribution in [0.5, 0.6) is 17.2 Å². The fraction of sp³-hybridized carbons (Fsp3) is 0.250. The molecule has 0 spiro atoms. The van der Waals surface area contributed by atoms with Crippen molar-refractivity contribution in [3.8, 4) is 17.2 Å². The van der Waals surface area contributed by atoms with Crippen LogP contribution in [0.3, 0.4) is 0 Å². The summed E-state index contributed by atoms with van der Waals surface area (Å²) in [7, 11) is 1.57. The predicted octanol–water partition coefficient (Wildman–Crippen LogP) is 9.43. The first-order chi connectivity index (χ1) is 30.2. The standard InChI is InChI=1S/C52H47N3O7/c1-33-20-45-39(17-18-42-23-40(29-54(42)51(45)58)38-15-13-34(14-16-38)22-44(57)12-7-19-56)25-48(33)61-31-35-8-6-9-36(21-35)32-62-50-27-47-46(26-49(50)60-2)52(59)55-30-41(24-43(55)28-53-47)37-10-4-3-5-11-37/h3-6,8-11,13-16,19-21,25-30,42-43H,7,12,17-18,22-24,31-32H2,1-2H3/t42-,43+/m1/s1. The third-order valence-corrected chi connectivity index (χ3v) is 12.2. The Morgan fingerprint density at radius 3 is 2.21 bits per heavy atom. The molecule has 0 saturated heterocycles. The number of nitrogens with zero attached hydrogens (tertiary/aromatic N) is 3. The van der Waals surface area contributed by atoms with E-state index in [0.717, 1.165) is 81.4 Å². The van der Waals surface area contributed by atoms with E-state index in [1.165, 1.54) is 0 Å². The van der Waals surface area contributed by atoms with Gasteiger partial charge in [-0.15, -0.1) is 0 Å². The number of ether oxygens (including phenoxy) is 3. The summed E-state index contributed by atoms with van der Waals surface area (Å²) in [5.74, 6) is 1.62. The Balaban J connectivity index is 0.835. The monoisotopic (exact) mass is 825 g/mol. The summed E-state index contributed by atoms with van der Waals surface area (Å²) in [5, 5.41) is 0. The van der Waals surface area contributed by atoms with Crippen LogP contribution >= 0.6 is 0 Å². The van der Waals surface area contributed by atoms with Crippen molar-refractivity contribution in [2.45, 2.75) is 77.2 Å². The zero-order chi connectivity index (χ0) is 42.7. The van der Waals surface area contributed by atoms with Gasteiger partial charge in [0.05, 0.1) is 24.4 Å². The first-order valence-corrected chi connectivity index (χ1v) is 21.1. The Labute approximate surface area is 361 Å².